The molecule has 2 heterocycles. The van der Waals surface area contributed by atoms with Crippen molar-refractivity contribution in [1.29, 1.82) is 0 Å². The van der Waals surface area contributed by atoms with Gasteiger partial charge in [-0.25, -0.2) is 0 Å². The van der Waals surface area contributed by atoms with Crippen LogP contribution < -0.4 is 11.6 Å². The average molecular weight is 419 g/mol. The van der Waals surface area contributed by atoms with E-state index in [1.54, 1.807) is 0 Å². The molecule has 1 spiro atoms. The molecule has 5 rings (SSSR count). The van der Waals surface area contributed by atoms with Gasteiger partial charge in [0, 0.05) is 25.3 Å². The van der Waals surface area contributed by atoms with Crippen LogP contribution in [0.25, 0.3) is 11.1 Å². The highest BCUT2D eigenvalue weighted by atomic mass is 16.5. The summed E-state index contributed by atoms with van der Waals surface area (Å²) < 4.78 is 5.59. The SMILES string of the molecule is N/N=C(\N)c1ccc(-c2ccc(C3CC34CCN(C(=O)C3CCCO3)CC4)cc2)cc1. The Hall–Kier alpha value is -2.86. The van der Waals surface area contributed by atoms with Gasteiger partial charge in [-0.3, -0.25) is 4.79 Å². The Morgan fingerprint density at radius 2 is 1.68 bits per heavy atom. The molecule has 0 bridgehead atoms. The van der Waals surface area contributed by atoms with E-state index in [0.717, 1.165) is 56.5 Å². The molecule has 2 aromatic carbocycles. The molecule has 6 nitrogen and oxygen atoms in total. The number of likely N-dealkylation sites (tertiary alicyclic amines) is 1. The summed E-state index contributed by atoms with van der Waals surface area (Å²) in [5.41, 5.74) is 10.7. The average Bonchev–Trinajstić information content (AvgIpc) is 3.24. The van der Waals surface area contributed by atoms with E-state index in [-0.39, 0.29) is 12.0 Å². The molecule has 1 aliphatic carbocycles. The number of piperidine rings is 1. The Kier molecular flexibility index (Phi) is 5.18. The number of benzene rings is 2. The summed E-state index contributed by atoms with van der Waals surface area (Å²) in [6.45, 7) is 2.47. The van der Waals surface area contributed by atoms with E-state index in [1.807, 2.05) is 29.2 Å². The van der Waals surface area contributed by atoms with Gasteiger partial charge in [0.25, 0.3) is 5.91 Å². The molecule has 1 amide bonds. The van der Waals surface area contributed by atoms with Gasteiger partial charge < -0.3 is 21.2 Å². The molecular formula is C25H30N4O2. The molecule has 0 aromatic heterocycles. The number of hydrazone groups is 1. The maximum atomic E-state index is 12.6. The molecule has 2 aliphatic heterocycles. The number of rotatable bonds is 4. The summed E-state index contributed by atoms with van der Waals surface area (Å²) >= 11 is 0. The largest absolute Gasteiger partial charge is 0.382 e. The third kappa shape index (κ3) is 3.81. The lowest BCUT2D eigenvalue weighted by Gasteiger charge is -2.34. The van der Waals surface area contributed by atoms with Gasteiger partial charge in [-0.1, -0.05) is 48.5 Å². The lowest BCUT2D eigenvalue weighted by Crippen LogP contribution is -2.44. The summed E-state index contributed by atoms with van der Waals surface area (Å²) in [7, 11) is 0. The first-order valence-corrected chi connectivity index (χ1v) is 11.2. The molecule has 2 unspecified atom stereocenters. The van der Waals surface area contributed by atoms with Gasteiger partial charge in [-0.15, -0.1) is 0 Å². The van der Waals surface area contributed by atoms with Crippen LogP contribution in [-0.2, 0) is 9.53 Å². The van der Waals surface area contributed by atoms with Gasteiger partial charge in [0.1, 0.15) is 11.9 Å². The van der Waals surface area contributed by atoms with Gasteiger partial charge in [-0.05, 0) is 60.1 Å². The van der Waals surface area contributed by atoms with Crippen molar-refractivity contribution >= 4 is 11.7 Å². The third-order valence-electron chi connectivity index (χ3n) is 7.43. The molecule has 4 N–H and O–H groups in total. The minimum atomic E-state index is -0.190. The molecule has 2 aromatic rings. The summed E-state index contributed by atoms with van der Waals surface area (Å²) in [6.07, 6.45) is 5.14. The number of carbonyl (C=O) groups excluding carboxylic acids is 1. The fourth-order valence-corrected chi connectivity index (χ4v) is 5.34. The first kappa shape index (κ1) is 20.1. The Morgan fingerprint density at radius 3 is 2.26 bits per heavy atom. The second-order valence-corrected chi connectivity index (χ2v) is 9.16. The van der Waals surface area contributed by atoms with E-state index in [9.17, 15) is 4.79 Å². The van der Waals surface area contributed by atoms with E-state index in [4.69, 9.17) is 16.3 Å². The molecular weight excluding hydrogens is 388 g/mol. The molecule has 0 radical (unpaired) electrons. The van der Waals surface area contributed by atoms with Crippen LogP contribution >= 0.6 is 0 Å². The van der Waals surface area contributed by atoms with Crippen molar-refractivity contribution in [2.75, 3.05) is 19.7 Å². The van der Waals surface area contributed by atoms with Crippen molar-refractivity contribution < 1.29 is 9.53 Å². The highest BCUT2D eigenvalue weighted by Crippen LogP contribution is 2.65. The van der Waals surface area contributed by atoms with Gasteiger partial charge in [0.2, 0.25) is 0 Å². The third-order valence-corrected chi connectivity index (χ3v) is 7.43. The number of hydrogen-bond acceptors (Lipinski definition) is 4. The van der Waals surface area contributed by atoms with Crippen LogP contribution in [0.5, 0.6) is 0 Å². The molecule has 2 atom stereocenters. The molecule has 6 heteroatoms. The number of carbonyl (C=O) groups is 1. The minimum Gasteiger partial charge on any atom is -0.382 e. The van der Waals surface area contributed by atoms with Gasteiger partial charge in [0.05, 0.1) is 0 Å². The summed E-state index contributed by atoms with van der Waals surface area (Å²) in [4.78, 5) is 14.6. The molecule has 31 heavy (non-hydrogen) atoms. The van der Waals surface area contributed by atoms with E-state index < -0.39 is 0 Å². The molecule has 3 aliphatic rings. The molecule has 1 saturated carbocycles. The van der Waals surface area contributed by atoms with Crippen molar-refractivity contribution in [3.63, 3.8) is 0 Å². The highest BCUT2D eigenvalue weighted by molar-refractivity contribution is 5.97. The maximum Gasteiger partial charge on any atom is 0.251 e. The van der Waals surface area contributed by atoms with Crippen molar-refractivity contribution in [3.05, 3.63) is 59.7 Å². The topological polar surface area (TPSA) is 93.9 Å². The number of hydrogen-bond donors (Lipinski definition) is 2. The Balaban J connectivity index is 1.20. The van der Waals surface area contributed by atoms with Crippen LogP contribution in [0.1, 0.15) is 49.1 Å². The molecule has 3 fully saturated rings. The van der Waals surface area contributed by atoms with Crippen molar-refractivity contribution in [3.8, 4) is 11.1 Å². The van der Waals surface area contributed by atoms with Crippen molar-refractivity contribution in [1.82, 2.24) is 4.90 Å². The van der Waals surface area contributed by atoms with Crippen LogP contribution in [-0.4, -0.2) is 42.4 Å². The first-order valence-electron chi connectivity index (χ1n) is 11.2. The Labute approximate surface area is 183 Å². The smallest absolute Gasteiger partial charge is 0.251 e. The zero-order chi connectivity index (χ0) is 21.4. The quantitative estimate of drug-likeness (QED) is 0.345. The molecule has 2 saturated heterocycles. The second-order valence-electron chi connectivity index (χ2n) is 9.16. The zero-order valence-corrected chi connectivity index (χ0v) is 17.8. The predicted octanol–water partition coefficient (Wildman–Crippen LogP) is 3.21. The van der Waals surface area contributed by atoms with Crippen LogP contribution in [0.4, 0.5) is 0 Å². The lowest BCUT2D eigenvalue weighted by atomic mass is 9.88. The number of amidine groups is 1. The number of amides is 1. The monoisotopic (exact) mass is 418 g/mol. The van der Waals surface area contributed by atoms with Crippen LogP contribution in [0.2, 0.25) is 0 Å². The van der Waals surface area contributed by atoms with Crippen LogP contribution in [0.15, 0.2) is 53.6 Å². The summed E-state index contributed by atoms with van der Waals surface area (Å²) in [6, 6.07) is 16.9. The predicted molar refractivity (Wildman–Crippen MR) is 121 cm³/mol. The first-order chi connectivity index (χ1) is 15.1. The van der Waals surface area contributed by atoms with Crippen LogP contribution in [0, 0.1) is 5.41 Å². The number of nitrogens with two attached hydrogens (primary N) is 2. The fraction of sp³-hybridized carbons (Fsp3) is 0.440. The van der Waals surface area contributed by atoms with Gasteiger partial charge >= 0.3 is 0 Å². The van der Waals surface area contributed by atoms with E-state index in [1.165, 1.54) is 17.5 Å². The minimum absolute atomic E-state index is 0.190. The Morgan fingerprint density at radius 1 is 1.03 bits per heavy atom. The Bertz CT molecular complexity index is 970. The molecule has 162 valence electrons. The van der Waals surface area contributed by atoms with E-state index in [2.05, 4.69) is 29.4 Å². The van der Waals surface area contributed by atoms with Gasteiger partial charge in [-0.2, -0.15) is 5.10 Å². The van der Waals surface area contributed by atoms with Crippen molar-refractivity contribution in [2.24, 2.45) is 22.1 Å². The normalized spacial score (nSPS) is 25.0. The zero-order valence-electron chi connectivity index (χ0n) is 17.8. The lowest BCUT2D eigenvalue weighted by molar-refractivity contribution is -0.142. The number of nitrogens with zero attached hydrogens (tertiary/aromatic N) is 2. The summed E-state index contributed by atoms with van der Waals surface area (Å²) in [5.74, 6) is 6.41. The summed E-state index contributed by atoms with van der Waals surface area (Å²) in [5, 5.41) is 3.54. The van der Waals surface area contributed by atoms with E-state index in [0.29, 0.717) is 17.2 Å². The van der Waals surface area contributed by atoms with Gasteiger partial charge in [0.15, 0.2) is 0 Å². The number of ether oxygens (including phenoxy) is 1. The van der Waals surface area contributed by atoms with Crippen LogP contribution in [0.3, 0.4) is 0 Å². The van der Waals surface area contributed by atoms with Crippen molar-refractivity contribution in [2.45, 2.75) is 44.1 Å². The highest BCUT2D eigenvalue weighted by Gasteiger charge is 2.55. The fourth-order valence-electron chi connectivity index (χ4n) is 5.34. The maximum absolute atomic E-state index is 12.6. The van der Waals surface area contributed by atoms with E-state index >= 15 is 0 Å². The second kappa shape index (κ2) is 8.00. The standard InChI is InChI=1S/C25H30N4O2/c26-23(28-27)20-9-5-18(6-10-20)17-3-7-19(8-4-17)21-16-25(21)11-13-29(14-12-25)24(30)22-2-1-15-31-22/h3-10,21-22H,1-2,11-16,27H2,(H2,26,28).